The number of rotatable bonds is 5. The van der Waals surface area contributed by atoms with Gasteiger partial charge in [-0.25, -0.2) is 4.68 Å². The van der Waals surface area contributed by atoms with E-state index in [2.05, 4.69) is 31.2 Å². The van der Waals surface area contributed by atoms with Crippen LogP contribution < -0.4 is 0 Å². The standard InChI is InChI=1S/C29H22N2O/c1-21-14-16-23(17-15-21)29-24(20-31(30-29)25-10-3-2-4-11-25)18-19-28(32)27-13-7-9-22-8-5-6-12-26(22)27/h2-20H,1H3. The van der Waals surface area contributed by atoms with Crippen LogP contribution >= 0.6 is 0 Å². The topological polar surface area (TPSA) is 34.9 Å². The maximum Gasteiger partial charge on any atom is 0.186 e. The molecule has 0 N–H and O–H groups in total. The Morgan fingerprint density at radius 1 is 0.812 bits per heavy atom. The Balaban J connectivity index is 1.56. The number of benzene rings is 4. The molecule has 0 bridgehead atoms. The monoisotopic (exact) mass is 414 g/mol. The van der Waals surface area contributed by atoms with Crippen LogP contribution in [0.1, 0.15) is 21.5 Å². The number of aromatic nitrogens is 2. The predicted molar refractivity (Wildman–Crippen MR) is 131 cm³/mol. The quantitative estimate of drug-likeness (QED) is 0.232. The third-order valence-corrected chi connectivity index (χ3v) is 5.56. The highest BCUT2D eigenvalue weighted by Crippen LogP contribution is 2.26. The summed E-state index contributed by atoms with van der Waals surface area (Å²) in [6.07, 6.45) is 5.48. The van der Waals surface area contributed by atoms with Crippen molar-refractivity contribution in [2.24, 2.45) is 0 Å². The van der Waals surface area contributed by atoms with Crippen molar-refractivity contribution in [2.75, 3.05) is 0 Å². The van der Waals surface area contributed by atoms with Crippen LogP contribution in [0, 0.1) is 6.92 Å². The molecule has 0 amide bonds. The SMILES string of the molecule is Cc1ccc(-c2nn(-c3ccccc3)cc2C=CC(=O)c2cccc3ccccc23)cc1. The Hall–Kier alpha value is -4.24. The molecule has 3 heteroatoms. The van der Waals surface area contributed by atoms with Gasteiger partial charge in [0, 0.05) is 22.9 Å². The third kappa shape index (κ3) is 3.88. The maximum atomic E-state index is 13.1. The Morgan fingerprint density at radius 3 is 2.34 bits per heavy atom. The van der Waals surface area contributed by atoms with Crippen molar-refractivity contribution in [3.05, 3.63) is 126 Å². The van der Waals surface area contributed by atoms with Crippen LogP contribution in [0.5, 0.6) is 0 Å². The van der Waals surface area contributed by atoms with Crippen LogP contribution in [-0.2, 0) is 0 Å². The lowest BCUT2D eigenvalue weighted by atomic mass is 10.0. The highest BCUT2D eigenvalue weighted by Gasteiger charge is 2.12. The molecule has 0 aliphatic rings. The molecule has 0 saturated carbocycles. The van der Waals surface area contributed by atoms with Crippen molar-refractivity contribution in [3.8, 4) is 16.9 Å². The van der Waals surface area contributed by atoms with E-state index in [0.29, 0.717) is 5.56 Å². The minimum absolute atomic E-state index is 0.0240. The van der Waals surface area contributed by atoms with Gasteiger partial charge < -0.3 is 0 Å². The van der Waals surface area contributed by atoms with Gasteiger partial charge in [0.1, 0.15) is 0 Å². The summed E-state index contributed by atoms with van der Waals surface area (Å²) in [6, 6.07) is 32.1. The van der Waals surface area contributed by atoms with E-state index in [0.717, 1.165) is 33.3 Å². The van der Waals surface area contributed by atoms with E-state index in [1.165, 1.54) is 5.56 Å². The van der Waals surface area contributed by atoms with Crippen LogP contribution in [-0.4, -0.2) is 15.6 Å². The number of carbonyl (C=O) groups excluding carboxylic acids is 1. The van der Waals surface area contributed by atoms with Crippen molar-refractivity contribution in [2.45, 2.75) is 6.92 Å². The first kappa shape index (κ1) is 19.7. The molecule has 1 heterocycles. The molecule has 32 heavy (non-hydrogen) atoms. The van der Waals surface area contributed by atoms with Crippen molar-refractivity contribution in [1.82, 2.24) is 9.78 Å². The van der Waals surface area contributed by atoms with Gasteiger partial charge in [-0.1, -0.05) is 90.5 Å². The van der Waals surface area contributed by atoms with Crippen LogP contribution in [0.25, 0.3) is 33.8 Å². The molecule has 3 nitrogen and oxygen atoms in total. The summed E-state index contributed by atoms with van der Waals surface area (Å²) in [5.41, 5.74) is 5.62. The molecule has 4 aromatic carbocycles. The van der Waals surface area contributed by atoms with Gasteiger partial charge in [-0.05, 0) is 42.0 Å². The number of aryl methyl sites for hydroxylation is 1. The number of hydrogen-bond acceptors (Lipinski definition) is 2. The molecule has 1 aromatic heterocycles. The number of fused-ring (bicyclic) bond motifs is 1. The van der Waals surface area contributed by atoms with E-state index in [4.69, 9.17) is 5.10 Å². The second-order valence-electron chi connectivity index (χ2n) is 7.80. The zero-order valence-electron chi connectivity index (χ0n) is 17.8. The highest BCUT2D eigenvalue weighted by molar-refractivity contribution is 6.14. The van der Waals surface area contributed by atoms with E-state index in [9.17, 15) is 4.79 Å². The number of allylic oxidation sites excluding steroid dienone is 1. The van der Waals surface area contributed by atoms with E-state index >= 15 is 0 Å². The summed E-state index contributed by atoms with van der Waals surface area (Å²) in [6.45, 7) is 2.07. The smallest absolute Gasteiger partial charge is 0.186 e. The first-order chi connectivity index (χ1) is 15.7. The minimum Gasteiger partial charge on any atom is -0.289 e. The molecule has 0 unspecified atom stereocenters. The number of carbonyl (C=O) groups is 1. The molecule has 5 aromatic rings. The van der Waals surface area contributed by atoms with Crippen molar-refractivity contribution < 1.29 is 4.79 Å². The molecular formula is C29H22N2O. The maximum absolute atomic E-state index is 13.1. The largest absolute Gasteiger partial charge is 0.289 e. The summed E-state index contributed by atoms with van der Waals surface area (Å²) >= 11 is 0. The van der Waals surface area contributed by atoms with Crippen molar-refractivity contribution in [3.63, 3.8) is 0 Å². The second kappa shape index (κ2) is 8.48. The van der Waals surface area contributed by atoms with E-state index in [-0.39, 0.29) is 5.78 Å². The molecule has 0 fully saturated rings. The normalized spacial score (nSPS) is 11.3. The van der Waals surface area contributed by atoms with Gasteiger partial charge in [0.25, 0.3) is 0 Å². The van der Waals surface area contributed by atoms with Gasteiger partial charge in [0.15, 0.2) is 5.78 Å². The Labute approximate surface area is 187 Å². The summed E-state index contributed by atoms with van der Waals surface area (Å²) in [4.78, 5) is 13.1. The Kier molecular flexibility index (Phi) is 5.22. The number of ketones is 1. The first-order valence-electron chi connectivity index (χ1n) is 10.6. The van der Waals surface area contributed by atoms with Gasteiger partial charge in [-0.2, -0.15) is 5.10 Å². The average Bonchev–Trinajstić information content (AvgIpc) is 3.27. The van der Waals surface area contributed by atoms with Crippen LogP contribution in [0.3, 0.4) is 0 Å². The zero-order valence-corrected chi connectivity index (χ0v) is 17.8. The van der Waals surface area contributed by atoms with Crippen LogP contribution in [0.4, 0.5) is 0 Å². The Bertz CT molecular complexity index is 1420. The summed E-state index contributed by atoms with van der Waals surface area (Å²) in [5.74, 6) is -0.0240. The highest BCUT2D eigenvalue weighted by atomic mass is 16.1. The number of nitrogens with zero attached hydrogens (tertiary/aromatic N) is 2. The van der Waals surface area contributed by atoms with E-state index in [1.807, 2.05) is 89.8 Å². The second-order valence-corrected chi connectivity index (χ2v) is 7.80. The van der Waals surface area contributed by atoms with Crippen LogP contribution in [0.15, 0.2) is 109 Å². The fourth-order valence-corrected chi connectivity index (χ4v) is 3.85. The van der Waals surface area contributed by atoms with Crippen molar-refractivity contribution >= 4 is 22.6 Å². The van der Waals surface area contributed by atoms with Crippen molar-refractivity contribution in [1.29, 1.82) is 0 Å². The summed E-state index contributed by atoms with van der Waals surface area (Å²) in [5, 5.41) is 6.86. The molecule has 5 rings (SSSR count). The molecule has 0 spiro atoms. The molecule has 0 aliphatic heterocycles. The van der Waals surface area contributed by atoms with Gasteiger partial charge in [0.05, 0.1) is 11.4 Å². The number of hydrogen-bond donors (Lipinski definition) is 0. The molecule has 0 saturated heterocycles. The lowest BCUT2D eigenvalue weighted by Gasteiger charge is -2.03. The van der Waals surface area contributed by atoms with Gasteiger partial charge in [-0.3, -0.25) is 4.79 Å². The molecule has 154 valence electrons. The Morgan fingerprint density at radius 2 is 1.53 bits per heavy atom. The summed E-state index contributed by atoms with van der Waals surface area (Å²) < 4.78 is 1.86. The fourth-order valence-electron chi connectivity index (χ4n) is 3.85. The van der Waals surface area contributed by atoms with Crippen LogP contribution in [0.2, 0.25) is 0 Å². The van der Waals surface area contributed by atoms with Gasteiger partial charge in [0.2, 0.25) is 0 Å². The minimum atomic E-state index is -0.0240. The fraction of sp³-hybridized carbons (Fsp3) is 0.0345. The zero-order chi connectivity index (χ0) is 21.9. The van der Waals surface area contributed by atoms with E-state index in [1.54, 1.807) is 6.08 Å². The number of para-hydroxylation sites is 1. The molecule has 0 aliphatic carbocycles. The average molecular weight is 415 g/mol. The molecule has 0 atom stereocenters. The molecular weight excluding hydrogens is 392 g/mol. The molecule has 0 radical (unpaired) electrons. The first-order valence-corrected chi connectivity index (χ1v) is 10.6. The lowest BCUT2D eigenvalue weighted by molar-refractivity contribution is 0.104. The van der Waals surface area contributed by atoms with E-state index < -0.39 is 0 Å². The summed E-state index contributed by atoms with van der Waals surface area (Å²) in [7, 11) is 0. The lowest BCUT2D eigenvalue weighted by Crippen LogP contribution is -1.95. The van der Waals surface area contributed by atoms with Gasteiger partial charge >= 0.3 is 0 Å². The third-order valence-electron chi connectivity index (χ3n) is 5.56. The van der Waals surface area contributed by atoms with Gasteiger partial charge in [-0.15, -0.1) is 0 Å². The predicted octanol–water partition coefficient (Wildman–Crippen LogP) is 6.90.